The first-order valence-corrected chi connectivity index (χ1v) is 6.87. The van der Waals surface area contributed by atoms with Gasteiger partial charge in [-0.1, -0.05) is 12.8 Å². The fourth-order valence-electron chi connectivity index (χ4n) is 2.87. The molecule has 2 atom stereocenters. The van der Waals surface area contributed by atoms with E-state index < -0.39 is 0 Å². The van der Waals surface area contributed by atoms with Gasteiger partial charge in [0.2, 0.25) is 0 Å². The molecular formula is C15H24N2O2. The Labute approximate surface area is 115 Å². The molecule has 1 aromatic carbocycles. The molecule has 1 saturated carbocycles. The van der Waals surface area contributed by atoms with Crippen LogP contribution >= 0.6 is 0 Å². The topological polar surface area (TPSA) is 47.7 Å². The van der Waals surface area contributed by atoms with Crippen LogP contribution in [-0.2, 0) is 0 Å². The number of nitrogens with zero attached hydrogens (tertiary/aromatic N) is 1. The molecule has 0 spiro atoms. The van der Waals surface area contributed by atoms with E-state index in [4.69, 9.17) is 15.2 Å². The molecule has 0 aliphatic heterocycles. The van der Waals surface area contributed by atoms with Crippen molar-refractivity contribution >= 4 is 5.69 Å². The van der Waals surface area contributed by atoms with E-state index in [9.17, 15) is 0 Å². The second-order valence-corrected chi connectivity index (χ2v) is 5.16. The van der Waals surface area contributed by atoms with Gasteiger partial charge in [0, 0.05) is 25.2 Å². The third-order valence-electron chi connectivity index (χ3n) is 4.05. The second kappa shape index (κ2) is 6.15. The van der Waals surface area contributed by atoms with Gasteiger partial charge in [-0.3, -0.25) is 0 Å². The van der Waals surface area contributed by atoms with E-state index >= 15 is 0 Å². The summed E-state index contributed by atoms with van der Waals surface area (Å²) in [5.74, 6) is 1.70. The summed E-state index contributed by atoms with van der Waals surface area (Å²) in [6.45, 7) is 0. The number of anilines is 1. The van der Waals surface area contributed by atoms with Gasteiger partial charge in [0.05, 0.1) is 19.9 Å². The molecule has 4 heteroatoms. The summed E-state index contributed by atoms with van der Waals surface area (Å²) in [4.78, 5) is 2.24. The average molecular weight is 264 g/mol. The molecule has 0 heterocycles. The third-order valence-corrected chi connectivity index (χ3v) is 4.05. The fourth-order valence-corrected chi connectivity index (χ4v) is 2.87. The van der Waals surface area contributed by atoms with E-state index in [1.807, 2.05) is 18.2 Å². The van der Waals surface area contributed by atoms with Gasteiger partial charge < -0.3 is 20.1 Å². The molecule has 1 aliphatic rings. The van der Waals surface area contributed by atoms with Crippen LogP contribution in [0.15, 0.2) is 18.2 Å². The SMILES string of the molecule is COc1ccc(OC)c(N(C)C2CCCCC2N)c1. The molecule has 0 radical (unpaired) electrons. The van der Waals surface area contributed by atoms with E-state index in [0.717, 1.165) is 30.0 Å². The maximum absolute atomic E-state index is 6.27. The van der Waals surface area contributed by atoms with Gasteiger partial charge >= 0.3 is 0 Å². The van der Waals surface area contributed by atoms with Crippen LogP contribution < -0.4 is 20.1 Å². The first-order chi connectivity index (χ1) is 9.17. The highest BCUT2D eigenvalue weighted by Crippen LogP contribution is 2.35. The van der Waals surface area contributed by atoms with Gasteiger partial charge in [-0.2, -0.15) is 0 Å². The van der Waals surface area contributed by atoms with Crippen molar-refractivity contribution < 1.29 is 9.47 Å². The lowest BCUT2D eigenvalue weighted by Crippen LogP contribution is -2.48. The maximum Gasteiger partial charge on any atom is 0.142 e. The summed E-state index contributed by atoms with van der Waals surface area (Å²) in [7, 11) is 5.46. The number of hydrogen-bond donors (Lipinski definition) is 1. The highest BCUT2D eigenvalue weighted by atomic mass is 16.5. The summed E-state index contributed by atoms with van der Waals surface area (Å²) >= 11 is 0. The van der Waals surface area contributed by atoms with Crippen molar-refractivity contribution in [2.24, 2.45) is 5.73 Å². The molecule has 1 fully saturated rings. The zero-order valence-electron chi connectivity index (χ0n) is 12.1. The number of hydrogen-bond acceptors (Lipinski definition) is 4. The zero-order chi connectivity index (χ0) is 13.8. The van der Waals surface area contributed by atoms with Crippen LogP contribution in [0.2, 0.25) is 0 Å². The minimum absolute atomic E-state index is 0.231. The van der Waals surface area contributed by atoms with Gasteiger partial charge in [-0.15, -0.1) is 0 Å². The Morgan fingerprint density at radius 2 is 1.89 bits per heavy atom. The molecule has 0 saturated heterocycles. The van der Waals surface area contributed by atoms with E-state index in [-0.39, 0.29) is 6.04 Å². The number of methoxy groups -OCH3 is 2. The van der Waals surface area contributed by atoms with Gasteiger partial charge in [-0.25, -0.2) is 0 Å². The molecule has 0 aromatic heterocycles. The van der Waals surface area contributed by atoms with Crippen LogP contribution in [0.3, 0.4) is 0 Å². The Hall–Kier alpha value is -1.42. The van der Waals surface area contributed by atoms with Crippen molar-refractivity contribution in [3.8, 4) is 11.5 Å². The Kier molecular flexibility index (Phi) is 4.53. The predicted octanol–water partition coefficient (Wildman–Crippen LogP) is 2.41. The minimum atomic E-state index is 0.231. The van der Waals surface area contributed by atoms with Crippen molar-refractivity contribution in [1.29, 1.82) is 0 Å². The Morgan fingerprint density at radius 1 is 1.16 bits per heavy atom. The number of ether oxygens (including phenoxy) is 2. The molecule has 4 nitrogen and oxygen atoms in total. The molecule has 0 amide bonds. The summed E-state index contributed by atoms with van der Waals surface area (Å²) in [6, 6.07) is 6.47. The summed E-state index contributed by atoms with van der Waals surface area (Å²) < 4.78 is 10.8. The first-order valence-electron chi connectivity index (χ1n) is 6.87. The van der Waals surface area contributed by atoms with Crippen LogP contribution in [0.4, 0.5) is 5.69 Å². The molecule has 2 N–H and O–H groups in total. The highest BCUT2D eigenvalue weighted by molar-refractivity contribution is 5.62. The molecule has 1 aliphatic carbocycles. The molecule has 19 heavy (non-hydrogen) atoms. The second-order valence-electron chi connectivity index (χ2n) is 5.16. The predicted molar refractivity (Wildman–Crippen MR) is 78.2 cm³/mol. The van der Waals surface area contributed by atoms with Crippen LogP contribution in [-0.4, -0.2) is 33.4 Å². The number of nitrogens with two attached hydrogens (primary N) is 1. The molecule has 2 rings (SSSR count). The van der Waals surface area contributed by atoms with Crippen molar-refractivity contribution in [2.45, 2.75) is 37.8 Å². The average Bonchev–Trinajstić information content (AvgIpc) is 2.46. The first kappa shape index (κ1) is 14.0. The molecule has 0 bridgehead atoms. The van der Waals surface area contributed by atoms with Gasteiger partial charge in [-0.05, 0) is 25.0 Å². The maximum atomic E-state index is 6.27. The molecule has 106 valence electrons. The van der Waals surface area contributed by atoms with Gasteiger partial charge in [0.15, 0.2) is 0 Å². The van der Waals surface area contributed by atoms with Crippen LogP contribution in [0.5, 0.6) is 11.5 Å². The van der Waals surface area contributed by atoms with E-state index in [1.54, 1.807) is 14.2 Å². The largest absolute Gasteiger partial charge is 0.497 e. The minimum Gasteiger partial charge on any atom is -0.497 e. The Bertz CT molecular complexity index is 423. The number of rotatable bonds is 4. The summed E-state index contributed by atoms with van der Waals surface area (Å²) in [5, 5.41) is 0. The normalized spacial score (nSPS) is 22.9. The zero-order valence-corrected chi connectivity index (χ0v) is 12.1. The van der Waals surface area contributed by atoms with Gasteiger partial charge in [0.1, 0.15) is 11.5 Å². The molecule has 2 unspecified atom stereocenters. The standard InChI is InChI=1S/C15H24N2O2/c1-17(13-7-5-4-6-12(13)16)14-10-11(18-2)8-9-15(14)19-3/h8-10,12-13H,4-7,16H2,1-3H3. The van der Waals surface area contributed by atoms with Crippen LogP contribution in [0, 0.1) is 0 Å². The summed E-state index contributed by atoms with van der Waals surface area (Å²) in [6.07, 6.45) is 4.72. The van der Waals surface area contributed by atoms with E-state index in [2.05, 4.69) is 11.9 Å². The Morgan fingerprint density at radius 3 is 2.53 bits per heavy atom. The van der Waals surface area contributed by atoms with E-state index in [1.165, 1.54) is 12.8 Å². The lowest BCUT2D eigenvalue weighted by atomic mass is 9.90. The van der Waals surface area contributed by atoms with Crippen LogP contribution in [0.25, 0.3) is 0 Å². The highest BCUT2D eigenvalue weighted by Gasteiger charge is 2.27. The Balaban J connectivity index is 2.27. The van der Waals surface area contributed by atoms with Crippen LogP contribution in [0.1, 0.15) is 25.7 Å². The summed E-state index contributed by atoms with van der Waals surface area (Å²) in [5.41, 5.74) is 7.31. The van der Waals surface area contributed by atoms with Crippen molar-refractivity contribution in [3.63, 3.8) is 0 Å². The smallest absolute Gasteiger partial charge is 0.142 e. The third kappa shape index (κ3) is 2.95. The quantitative estimate of drug-likeness (QED) is 0.907. The van der Waals surface area contributed by atoms with Gasteiger partial charge in [0.25, 0.3) is 0 Å². The van der Waals surface area contributed by atoms with Crippen molar-refractivity contribution in [3.05, 3.63) is 18.2 Å². The number of benzene rings is 1. The monoisotopic (exact) mass is 264 g/mol. The fraction of sp³-hybridized carbons (Fsp3) is 0.600. The molecule has 1 aromatic rings. The number of likely N-dealkylation sites (N-methyl/N-ethyl adjacent to an activating group) is 1. The van der Waals surface area contributed by atoms with Crippen molar-refractivity contribution in [2.75, 3.05) is 26.2 Å². The van der Waals surface area contributed by atoms with E-state index in [0.29, 0.717) is 6.04 Å². The molecular weight excluding hydrogens is 240 g/mol. The lowest BCUT2D eigenvalue weighted by Gasteiger charge is -2.38. The van der Waals surface area contributed by atoms with Crippen molar-refractivity contribution in [1.82, 2.24) is 0 Å². The lowest BCUT2D eigenvalue weighted by molar-refractivity contribution is 0.366.